The average Bonchev–Trinajstić information content (AvgIpc) is 2.53. The first-order valence-corrected chi connectivity index (χ1v) is 7.25. The van der Waals surface area contributed by atoms with E-state index in [1.165, 1.54) is 6.42 Å². The molecule has 0 bridgehead atoms. The fraction of sp³-hybridized carbons (Fsp3) is 0.917. The molecule has 2 fully saturated rings. The summed E-state index contributed by atoms with van der Waals surface area (Å²) in [6.07, 6.45) is 3.10. The van der Waals surface area contributed by atoms with Crippen molar-refractivity contribution in [2.75, 3.05) is 13.1 Å². The molecule has 0 aromatic carbocycles. The molecule has 1 saturated carbocycles. The van der Waals surface area contributed by atoms with Gasteiger partial charge in [-0.25, -0.2) is 4.79 Å². The van der Waals surface area contributed by atoms with Crippen LogP contribution < -0.4 is 10.6 Å². The normalized spacial score (nSPS) is 36.7. The molecule has 17 heavy (non-hydrogen) atoms. The summed E-state index contributed by atoms with van der Waals surface area (Å²) >= 11 is 2.51. The number of hydrogen-bond acceptors (Lipinski definition) is 3. The number of alkyl carbamates (subject to hydrolysis) is 1. The first kappa shape index (κ1) is 13.4. The van der Waals surface area contributed by atoms with Gasteiger partial charge < -0.3 is 15.4 Å². The molecule has 0 spiro atoms. The Morgan fingerprint density at radius 2 is 2.06 bits per heavy atom. The van der Waals surface area contributed by atoms with Gasteiger partial charge in [0.05, 0.1) is 8.96 Å². The Hall–Kier alpha value is -0.0400. The largest absolute Gasteiger partial charge is 0.444 e. The number of rotatable bonds is 1. The maximum Gasteiger partial charge on any atom is 0.408 e. The van der Waals surface area contributed by atoms with E-state index >= 15 is 0 Å². The van der Waals surface area contributed by atoms with Gasteiger partial charge in [0, 0.05) is 13.1 Å². The van der Waals surface area contributed by atoms with E-state index in [1.54, 1.807) is 0 Å². The van der Waals surface area contributed by atoms with Crippen molar-refractivity contribution in [3.8, 4) is 0 Å². The van der Waals surface area contributed by atoms with Gasteiger partial charge in [0.15, 0.2) is 0 Å². The SMILES string of the molecule is CC(C)(C)OC(=O)N[C@@]12CCC[C@]1(I)CNC2. The van der Waals surface area contributed by atoms with Gasteiger partial charge >= 0.3 is 6.09 Å². The monoisotopic (exact) mass is 352 g/mol. The number of amides is 1. The van der Waals surface area contributed by atoms with E-state index in [9.17, 15) is 4.79 Å². The minimum atomic E-state index is -0.431. The summed E-state index contributed by atoms with van der Waals surface area (Å²) in [7, 11) is 0. The third-order valence-corrected chi connectivity index (χ3v) is 5.56. The molecular formula is C12H21IN2O2. The van der Waals surface area contributed by atoms with E-state index < -0.39 is 5.60 Å². The van der Waals surface area contributed by atoms with Gasteiger partial charge in [-0.3, -0.25) is 0 Å². The van der Waals surface area contributed by atoms with Crippen molar-refractivity contribution in [2.45, 2.75) is 54.6 Å². The summed E-state index contributed by atoms with van der Waals surface area (Å²) < 4.78 is 5.52. The predicted molar refractivity (Wildman–Crippen MR) is 75.6 cm³/mol. The van der Waals surface area contributed by atoms with Crippen LogP contribution in [0.5, 0.6) is 0 Å². The van der Waals surface area contributed by atoms with E-state index in [-0.39, 0.29) is 15.1 Å². The van der Waals surface area contributed by atoms with Crippen LogP contribution in [0.3, 0.4) is 0 Å². The van der Waals surface area contributed by atoms with E-state index in [0.717, 1.165) is 25.9 Å². The minimum absolute atomic E-state index is 0.115. The molecule has 2 aliphatic rings. The Kier molecular flexibility index (Phi) is 3.36. The van der Waals surface area contributed by atoms with Crippen molar-refractivity contribution in [3.63, 3.8) is 0 Å². The smallest absolute Gasteiger partial charge is 0.408 e. The zero-order chi connectivity index (χ0) is 12.7. The van der Waals surface area contributed by atoms with Crippen molar-refractivity contribution in [1.82, 2.24) is 10.6 Å². The molecule has 1 aliphatic heterocycles. The number of carbonyl (C=O) groups is 1. The molecule has 1 aliphatic carbocycles. The first-order chi connectivity index (χ1) is 7.77. The van der Waals surface area contributed by atoms with E-state index in [2.05, 4.69) is 33.2 Å². The molecule has 2 atom stereocenters. The highest BCUT2D eigenvalue weighted by Crippen LogP contribution is 2.48. The lowest BCUT2D eigenvalue weighted by Gasteiger charge is -2.36. The van der Waals surface area contributed by atoms with Gasteiger partial charge in [0.1, 0.15) is 5.60 Å². The topological polar surface area (TPSA) is 50.4 Å². The highest BCUT2D eigenvalue weighted by atomic mass is 127. The fourth-order valence-corrected chi connectivity index (χ4v) is 4.08. The second-order valence-electron chi connectivity index (χ2n) is 6.13. The average molecular weight is 352 g/mol. The lowest BCUT2D eigenvalue weighted by molar-refractivity contribution is 0.0460. The van der Waals surface area contributed by atoms with Crippen LogP contribution in [0, 0.1) is 0 Å². The maximum atomic E-state index is 11.9. The molecule has 0 unspecified atom stereocenters. The lowest BCUT2D eigenvalue weighted by Crippen LogP contribution is -2.58. The summed E-state index contributed by atoms with van der Waals surface area (Å²) in [4.78, 5) is 11.9. The molecule has 4 nitrogen and oxygen atoms in total. The summed E-state index contributed by atoms with van der Waals surface area (Å²) in [6, 6.07) is 0. The van der Waals surface area contributed by atoms with Crippen LogP contribution in [0.2, 0.25) is 0 Å². The van der Waals surface area contributed by atoms with Crippen LogP contribution in [0.1, 0.15) is 40.0 Å². The third kappa shape index (κ3) is 2.54. The summed E-state index contributed by atoms with van der Waals surface area (Å²) in [5.74, 6) is 0. The van der Waals surface area contributed by atoms with Gasteiger partial charge in [0.2, 0.25) is 0 Å². The van der Waals surface area contributed by atoms with E-state index in [4.69, 9.17) is 4.74 Å². The highest BCUT2D eigenvalue weighted by molar-refractivity contribution is 14.1. The third-order valence-electron chi connectivity index (χ3n) is 3.61. The zero-order valence-electron chi connectivity index (χ0n) is 10.7. The zero-order valence-corrected chi connectivity index (χ0v) is 12.9. The second-order valence-corrected chi connectivity index (χ2v) is 8.20. The van der Waals surface area contributed by atoms with Crippen molar-refractivity contribution >= 4 is 28.7 Å². The van der Waals surface area contributed by atoms with E-state index in [0.29, 0.717) is 0 Å². The predicted octanol–water partition coefficient (Wildman–Crippen LogP) is 2.21. The van der Waals surface area contributed by atoms with Gasteiger partial charge in [0.25, 0.3) is 0 Å². The number of fused-ring (bicyclic) bond motifs is 1. The van der Waals surface area contributed by atoms with Gasteiger partial charge in [-0.1, -0.05) is 22.6 Å². The van der Waals surface area contributed by atoms with Gasteiger partial charge in [-0.05, 0) is 40.0 Å². The molecular weight excluding hydrogens is 331 g/mol. The Bertz CT molecular complexity index is 315. The number of nitrogens with one attached hydrogen (secondary N) is 2. The number of alkyl halides is 1. The second kappa shape index (κ2) is 4.26. The van der Waals surface area contributed by atoms with Crippen molar-refractivity contribution in [3.05, 3.63) is 0 Å². The van der Waals surface area contributed by atoms with Crippen LogP contribution >= 0.6 is 22.6 Å². The van der Waals surface area contributed by atoms with Crippen LogP contribution in [-0.4, -0.2) is 33.7 Å². The maximum absolute atomic E-state index is 11.9. The molecule has 5 heteroatoms. The standard InChI is InChI=1S/C12H21IN2O2/c1-10(2,3)17-9(16)15-12-6-4-5-11(12,13)7-14-8-12/h14H,4-8H2,1-3H3,(H,15,16)/t11-,12+/m0/s1. The highest BCUT2D eigenvalue weighted by Gasteiger charge is 2.57. The number of ether oxygens (including phenoxy) is 1. The van der Waals surface area contributed by atoms with Crippen LogP contribution in [-0.2, 0) is 4.74 Å². The molecule has 0 aromatic rings. The molecule has 1 heterocycles. The first-order valence-electron chi connectivity index (χ1n) is 6.17. The summed E-state index contributed by atoms with van der Waals surface area (Å²) in [5.41, 5.74) is -0.546. The molecule has 0 radical (unpaired) electrons. The summed E-state index contributed by atoms with van der Waals surface area (Å²) in [5, 5.41) is 6.52. The van der Waals surface area contributed by atoms with Crippen LogP contribution in [0.4, 0.5) is 4.79 Å². The molecule has 2 rings (SSSR count). The number of halogens is 1. The van der Waals surface area contributed by atoms with Gasteiger partial charge in [-0.15, -0.1) is 0 Å². The lowest BCUT2D eigenvalue weighted by atomic mass is 9.91. The Balaban J connectivity index is 2.05. The van der Waals surface area contributed by atoms with Gasteiger partial charge in [-0.2, -0.15) is 0 Å². The van der Waals surface area contributed by atoms with Crippen LogP contribution in [0.25, 0.3) is 0 Å². The van der Waals surface area contributed by atoms with Crippen LogP contribution in [0.15, 0.2) is 0 Å². The van der Waals surface area contributed by atoms with E-state index in [1.807, 2.05) is 20.8 Å². The Morgan fingerprint density at radius 3 is 2.71 bits per heavy atom. The quantitative estimate of drug-likeness (QED) is 0.562. The molecule has 1 amide bonds. The molecule has 0 aromatic heterocycles. The van der Waals surface area contributed by atoms with Crippen molar-refractivity contribution in [2.24, 2.45) is 0 Å². The van der Waals surface area contributed by atoms with Crippen molar-refractivity contribution in [1.29, 1.82) is 0 Å². The Labute approximate surface area is 116 Å². The fourth-order valence-electron chi connectivity index (χ4n) is 2.83. The Morgan fingerprint density at radius 1 is 1.35 bits per heavy atom. The molecule has 98 valence electrons. The number of hydrogen-bond donors (Lipinski definition) is 2. The van der Waals surface area contributed by atoms with Crippen molar-refractivity contribution < 1.29 is 9.53 Å². The molecule has 1 saturated heterocycles. The number of carbonyl (C=O) groups excluding carboxylic acids is 1. The minimum Gasteiger partial charge on any atom is -0.444 e. The summed E-state index contributed by atoms with van der Waals surface area (Å²) in [6.45, 7) is 7.51. The molecule has 2 N–H and O–H groups in total.